The van der Waals surface area contributed by atoms with Crippen LogP contribution in [0, 0.1) is 6.92 Å². The number of benzene rings is 1. The first-order valence-electron chi connectivity index (χ1n) is 10.1. The van der Waals surface area contributed by atoms with Crippen molar-refractivity contribution < 1.29 is 19.8 Å². The Hall–Kier alpha value is -2.87. The molecule has 2 aliphatic rings. The van der Waals surface area contributed by atoms with E-state index in [9.17, 15) is 15.0 Å². The molecule has 2 fully saturated rings. The maximum Gasteiger partial charge on any atom is 0.434 e. The lowest BCUT2D eigenvalue weighted by atomic mass is 10.1. The number of aromatic hydroxyl groups is 2. The Morgan fingerprint density at radius 1 is 0.966 bits per heavy atom. The van der Waals surface area contributed by atoms with Crippen molar-refractivity contribution in [1.29, 1.82) is 0 Å². The Kier molecular flexibility index (Phi) is 5.53. The fraction of sp³-hybridized carbons (Fsp3) is 0.476. The van der Waals surface area contributed by atoms with Gasteiger partial charge in [-0.05, 0) is 31.4 Å². The standard InChI is InChI=1S/C21H28N4O4/c1-16-4-5-18(23-8-2-3-9-23)17(14-16)15-22-10-12-24(13-11-22)21(28)29-25-19(26)6-7-20(25)27/h4-7,14,26-27H,2-3,8-13,15H2,1H3. The molecule has 0 aliphatic carbocycles. The maximum atomic E-state index is 12.3. The molecule has 3 heterocycles. The van der Waals surface area contributed by atoms with E-state index in [1.807, 2.05) is 0 Å². The second kappa shape index (κ2) is 8.24. The van der Waals surface area contributed by atoms with Gasteiger partial charge in [-0.15, -0.1) is 4.73 Å². The number of carbonyl (C=O) groups excluding carboxylic acids is 1. The van der Waals surface area contributed by atoms with Crippen LogP contribution in [-0.4, -0.2) is 70.1 Å². The zero-order chi connectivity index (χ0) is 20.4. The van der Waals surface area contributed by atoms with E-state index in [1.54, 1.807) is 4.90 Å². The molecule has 2 N–H and O–H groups in total. The molecule has 8 nitrogen and oxygen atoms in total. The first kappa shape index (κ1) is 19.4. The van der Waals surface area contributed by atoms with Crippen LogP contribution in [0.5, 0.6) is 11.8 Å². The Morgan fingerprint density at radius 2 is 1.62 bits per heavy atom. The molecule has 0 bridgehead atoms. The number of hydrogen-bond donors (Lipinski definition) is 2. The number of piperazine rings is 1. The minimum absolute atomic E-state index is 0.316. The zero-order valence-corrected chi connectivity index (χ0v) is 16.8. The third kappa shape index (κ3) is 4.27. The minimum Gasteiger partial charge on any atom is -0.492 e. The van der Waals surface area contributed by atoms with Crippen molar-refractivity contribution in [3.63, 3.8) is 0 Å². The average molecular weight is 400 g/mol. The summed E-state index contributed by atoms with van der Waals surface area (Å²) >= 11 is 0. The highest BCUT2D eigenvalue weighted by molar-refractivity contribution is 5.68. The molecule has 1 amide bonds. The zero-order valence-electron chi connectivity index (χ0n) is 16.8. The van der Waals surface area contributed by atoms with E-state index in [-0.39, 0.29) is 11.8 Å². The summed E-state index contributed by atoms with van der Waals surface area (Å²) in [4.78, 5) is 23.8. The molecule has 2 aromatic rings. The van der Waals surface area contributed by atoms with Gasteiger partial charge in [-0.25, -0.2) is 4.79 Å². The molecule has 156 valence electrons. The number of aryl methyl sites for hydroxylation is 1. The predicted molar refractivity (Wildman–Crippen MR) is 109 cm³/mol. The number of carbonyl (C=O) groups is 1. The van der Waals surface area contributed by atoms with Gasteiger partial charge in [0.1, 0.15) is 0 Å². The number of rotatable bonds is 4. The van der Waals surface area contributed by atoms with E-state index < -0.39 is 6.09 Å². The second-order valence-electron chi connectivity index (χ2n) is 7.79. The fourth-order valence-corrected chi connectivity index (χ4v) is 4.07. The summed E-state index contributed by atoms with van der Waals surface area (Å²) in [7, 11) is 0. The van der Waals surface area contributed by atoms with E-state index in [1.165, 1.54) is 41.8 Å². The van der Waals surface area contributed by atoms with Crippen LogP contribution in [0.1, 0.15) is 24.0 Å². The van der Waals surface area contributed by atoms with Crippen LogP contribution in [0.15, 0.2) is 30.3 Å². The van der Waals surface area contributed by atoms with Crippen LogP contribution in [0.2, 0.25) is 0 Å². The number of amides is 1. The second-order valence-corrected chi connectivity index (χ2v) is 7.79. The Labute approximate surface area is 170 Å². The summed E-state index contributed by atoms with van der Waals surface area (Å²) in [5.74, 6) is -0.633. The van der Waals surface area contributed by atoms with Gasteiger partial charge >= 0.3 is 6.09 Å². The van der Waals surface area contributed by atoms with Gasteiger partial charge in [-0.2, -0.15) is 0 Å². The van der Waals surface area contributed by atoms with Crippen molar-refractivity contribution >= 4 is 11.8 Å². The minimum atomic E-state index is -0.584. The third-order valence-electron chi connectivity index (χ3n) is 5.67. The van der Waals surface area contributed by atoms with E-state index in [0.29, 0.717) is 13.1 Å². The summed E-state index contributed by atoms with van der Waals surface area (Å²) in [6.45, 7) is 7.77. The highest BCUT2D eigenvalue weighted by atomic mass is 16.7. The predicted octanol–water partition coefficient (Wildman–Crippen LogP) is 2.17. The topological polar surface area (TPSA) is 81.4 Å². The Morgan fingerprint density at radius 3 is 2.28 bits per heavy atom. The van der Waals surface area contributed by atoms with E-state index >= 15 is 0 Å². The lowest BCUT2D eigenvalue weighted by molar-refractivity contribution is 0.0555. The van der Waals surface area contributed by atoms with Gasteiger partial charge in [-0.3, -0.25) is 4.90 Å². The monoisotopic (exact) mass is 400 g/mol. The molecule has 1 aromatic carbocycles. The molecule has 0 spiro atoms. The molecule has 29 heavy (non-hydrogen) atoms. The first-order chi connectivity index (χ1) is 14.0. The van der Waals surface area contributed by atoms with E-state index in [0.717, 1.165) is 37.5 Å². The van der Waals surface area contributed by atoms with E-state index in [4.69, 9.17) is 4.84 Å². The van der Waals surface area contributed by atoms with Gasteiger partial charge in [0.25, 0.3) is 0 Å². The largest absolute Gasteiger partial charge is 0.492 e. The van der Waals surface area contributed by atoms with Crippen molar-refractivity contribution in [2.45, 2.75) is 26.3 Å². The molecule has 2 saturated heterocycles. The van der Waals surface area contributed by atoms with Crippen molar-refractivity contribution in [2.75, 3.05) is 44.2 Å². The molecule has 0 atom stereocenters. The van der Waals surface area contributed by atoms with Gasteiger partial charge < -0.3 is 24.9 Å². The Balaban J connectivity index is 1.36. The molecular weight excluding hydrogens is 372 g/mol. The van der Waals surface area contributed by atoms with Crippen LogP contribution < -0.4 is 9.74 Å². The first-order valence-corrected chi connectivity index (χ1v) is 10.1. The van der Waals surface area contributed by atoms with Gasteiger partial charge in [0.05, 0.1) is 0 Å². The lowest BCUT2D eigenvalue weighted by Crippen LogP contribution is -2.50. The SMILES string of the molecule is Cc1ccc(N2CCCC2)c(CN2CCN(C(=O)On3c(O)ccc3O)CC2)c1. The van der Waals surface area contributed by atoms with Crippen LogP contribution in [-0.2, 0) is 6.54 Å². The van der Waals surface area contributed by atoms with Crippen LogP contribution in [0.4, 0.5) is 10.5 Å². The summed E-state index contributed by atoms with van der Waals surface area (Å²) in [6.07, 6.45) is 1.92. The molecule has 1 aromatic heterocycles. The lowest BCUT2D eigenvalue weighted by Gasteiger charge is -2.34. The number of anilines is 1. The van der Waals surface area contributed by atoms with Crippen LogP contribution in [0.3, 0.4) is 0 Å². The van der Waals surface area contributed by atoms with Gasteiger partial charge in [0, 0.05) is 63.6 Å². The van der Waals surface area contributed by atoms with Crippen molar-refractivity contribution in [2.24, 2.45) is 0 Å². The highest BCUT2D eigenvalue weighted by Gasteiger charge is 2.25. The number of nitrogens with zero attached hydrogens (tertiary/aromatic N) is 4. The molecule has 8 heteroatoms. The van der Waals surface area contributed by atoms with E-state index in [2.05, 4.69) is 34.9 Å². The third-order valence-corrected chi connectivity index (χ3v) is 5.67. The molecule has 2 aliphatic heterocycles. The van der Waals surface area contributed by atoms with Crippen molar-refractivity contribution in [3.05, 3.63) is 41.5 Å². The van der Waals surface area contributed by atoms with Gasteiger partial charge in [0.2, 0.25) is 11.8 Å². The maximum absolute atomic E-state index is 12.3. The molecule has 4 rings (SSSR count). The molecule has 0 radical (unpaired) electrons. The summed E-state index contributed by atoms with van der Waals surface area (Å²) in [5, 5.41) is 19.2. The fourth-order valence-electron chi connectivity index (χ4n) is 4.07. The molecule has 0 saturated carbocycles. The number of aromatic nitrogens is 1. The normalized spacial score (nSPS) is 17.7. The summed E-state index contributed by atoms with van der Waals surface area (Å²) in [5.41, 5.74) is 3.93. The van der Waals surface area contributed by atoms with Crippen LogP contribution >= 0.6 is 0 Å². The van der Waals surface area contributed by atoms with Gasteiger partial charge in [-0.1, -0.05) is 17.7 Å². The van der Waals surface area contributed by atoms with Gasteiger partial charge in [0.15, 0.2) is 0 Å². The number of hydrogen-bond acceptors (Lipinski definition) is 6. The van der Waals surface area contributed by atoms with Crippen molar-refractivity contribution in [3.8, 4) is 11.8 Å². The highest BCUT2D eigenvalue weighted by Crippen LogP contribution is 2.27. The smallest absolute Gasteiger partial charge is 0.434 e. The summed E-state index contributed by atoms with van der Waals surface area (Å²) < 4.78 is 0.726. The quantitative estimate of drug-likeness (QED) is 0.819. The van der Waals surface area contributed by atoms with Crippen LogP contribution in [0.25, 0.3) is 0 Å². The van der Waals surface area contributed by atoms with Crippen molar-refractivity contribution in [1.82, 2.24) is 14.5 Å². The molecule has 0 unspecified atom stereocenters. The summed E-state index contributed by atoms with van der Waals surface area (Å²) in [6, 6.07) is 9.21. The average Bonchev–Trinajstić information content (AvgIpc) is 3.35. The molecular formula is C21H28N4O4. The Bertz CT molecular complexity index is 848.